The number of nitrogens with two attached hydrogens (primary N) is 1. The maximum atomic E-state index is 12.4. The molecule has 20 heavy (non-hydrogen) atoms. The van der Waals surface area contributed by atoms with Crippen LogP contribution in [0.3, 0.4) is 0 Å². The maximum absolute atomic E-state index is 12.4. The van der Waals surface area contributed by atoms with Gasteiger partial charge in [-0.25, -0.2) is 0 Å². The van der Waals surface area contributed by atoms with Gasteiger partial charge in [-0.05, 0) is 37.5 Å². The molecule has 0 aliphatic carbocycles. The summed E-state index contributed by atoms with van der Waals surface area (Å²) in [6.07, 6.45) is 1.38. The monoisotopic (exact) mass is 278 g/mol. The van der Waals surface area contributed by atoms with E-state index in [1.807, 2.05) is 6.92 Å². The first-order valence-electron chi connectivity index (χ1n) is 7.00. The van der Waals surface area contributed by atoms with Crippen LogP contribution in [0.15, 0.2) is 24.3 Å². The van der Waals surface area contributed by atoms with Gasteiger partial charge in [-0.1, -0.05) is 12.1 Å². The number of carbonyl (C=O) groups is 1. The van der Waals surface area contributed by atoms with Gasteiger partial charge in [0.25, 0.3) is 0 Å². The van der Waals surface area contributed by atoms with Gasteiger partial charge >= 0.3 is 0 Å². The van der Waals surface area contributed by atoms with Crippen LogP contribution in [0.4, 0.5) is 0 Å². The van der Waals surface area contributed by atoms with Crippen LogP contribution in [0.5, 0.6) is 5.75 Å². The Morgan fingerprint density at radius 2 is 2.20 bits per heavy atom. The molecule has 1 amide bonds. The van der Waals surface area contributed by atoms with Crippen LogP contribution in [-0.4, -0.2) is 47.8 Å². The summed E-state index contributed by atoms with van der Waals surface area (Å²) in [5.41, 5.74) is 6.97. The number of nitrogens with zero attached hydrogens (tertiary/aromatic N) is 1. The maximum Gasteiger partial charge on any atom is 0.239 e. The lowest BCUT2D eigenvalue weighted by atomic mass is 10.1. The molecule has 0 radical (unpaired) electrons. The van der Waals surface area contributed by atoms with E-state index in [4.69, 9.17) is 10.5 Å². The first-order chi connectivity index (χ1) is 9.56. The summed E-state index contributed by atoms with van der Waals surface area (Å²) < 4.78 is 5.53. The van der Waals surface area contributed by atoms with Crippen molar-refractivity contribution in [3.05, 3.63) is 29.8 Å². The van der Waals surface area contributed by atoms with Crippen molar-refractivity contribution in [1.29, 1.82) is 0 Å². The lowest BCUT2D eigenvalue weighted by molar-refractivity contribution is -0.133. The first-order valence-corrected chi connectivity index (χ1v) is 7.00. The molecule has 0 saturated carbocycles. The SMILES string of the molecule is CC1CN(C(=O)[C@@H](N)Cc2ccc(O)cc2)CCCO1. The molecule has 1 heterocycles. The Balaban J connectivity index is 1.95. The fourth-order valence-corrected chi connectivity index (χ4v) is 2.40. The van der Waals surface area contributed by atoms with Crippen LogP contribution in [0, 0.1) is 0 Å². The highest BCUT2D eigenvalue weighted by molar-refractivity contribution is 5.82. The van der Waals surface area contributed by atoms with E-state index in [0.29, 0.717) is 26.1 Å². The summed E-state index contributed by atoms with van der Waals surface area (Å²) in [6, 6.07) is 6.24. The van der Waals surface area contributed by atoms with Crippen LogP contribution in [-0.2, 0) is 16.0 Å². The van der Waals surface area contributed by atoms with Crippen molar-refractivity contribution in [2.45, 2.75) is 31.9 Å². The minimum atomic E-state index is -0.551. The largest absolute Gasteiger partial charge is 0.508 e. The Morgan fingerprint density at radius 1 is 1.50 bits per heavy atom. The van der Waals surface area contributed by atoms with E-state index in [1.54, 1.807) is 29.2 Å². The predicted octanol–water partition coefficient (Wildman–Crippen LogP) is 0.899. The third kappa shape index (κ3) is 3.95. The van der Waals surface area contributed by atoms with Crippen molar-refractivity contribution in [3.8, 4) is 5.75 Å². The minimum Gasteiger partial charge on any atom is -0.508 e. The molecule has 1 aromatic carbocycles. The van der Waals surface area contributed by atoms with Gasteiger partial charge in [-0.2, -0.15) is 0 Å². The van der Waals surface area contributed by atoms with Crippen LogP contribution < -0.4 is 5.73 Å². The van der Waals surface area contributed by atoms with Gasteiger partial charge in [0.2, 0.25) is 5.91 Å². The molecule has 110 valence electrons. The van der Waals surface area contributed by atoms with E-state index < -0.39 is 6.04 Å². The second-order valence-corrected chi connectivity index (χ2v) is 5.30. The van der Waals surface area contributed by atoms with Gasteiger partial charge in [-0.3, -0.25) is 4.79 Å². The van der Waals surface area contributed by atoms with Crippen molar-refractivity contribution in [2.75, 3.05) is 19.7 Å². The molecule has 1 aliphatic heterocycles. The summed E-state index contributed by atoms with van der Waals surface area (Å²) in [5.74, 6) is 0.183. The van der Waals surface area contributed by atoms with Gasteiger partial charge in [-0.15, -0.1) is 0 Å². The zero-order valence-electron chi connectivity index (χ0n) is 11.8. The molecule has 1 saturated heterocycles. The Hall–Kier alpha value is -1.59. The van der Waals surface area contributed by atoms with E-state index in [0.717, 1.165) is 12.0 Å². The molecular weight excluding hydrogens is 256 g/mol. The van der Waals surface area contributed by atoms with Crippen LogP contribution >= 0.6 is 0 Å². The molecule has 0 aromatic heterocycles. The number of hydrogen-bond acceptors (Lipinski definition) is 4. The molecule has 1 aromatic rings. The molecule has 3 N–H and O–H groups in total. The molecule has 5 nitrogen and oxygen atoms in total. The number of aromatic hydroxyl groups is 1. The number of carbonyl (C=O) groups excluding carboxylic acids is 1. The van der Waals surface area contributed by atoms with E-state index in [9.17, 15) is 9.90 Å². The molecule has 1 unspecified atom stereocenters. The van der Waals surface area contributed by atoms with Gasteiger partial charge in [0, 0.05) is 19.7 Å². The molecule has 0 spiro atoms. The number of benzene rings is 1. The lowest BCUT2D eigenvalue weighted by Gasteiger charge is -2.25. The normalized spacial score (nSPS) is 21.3. The van der Waals surface area contributed by atoms with Gasteiger partial charge < -0.3 is 20.5 Å². The minimum absolute atomic E-state index is 0.0320. The highest BCUT2D eigenvalue weighted by atomic mass is 16.5. The second-order valence-electron chi connectivity index (χ2n) is 5.30. The molecule has 1 aliphatic rings. The van der Waals surface area contributed by atoms with Gasteiger partial charge in [0.15, 0.2) is 0 Å². The standard InChI is InChI=1S/C15H22N2O3/c1-11-10-17(7-2-8-20-11)15(19)14(16)9-12-3-5-13(18)6-4-12/h3-6,11,14,18H,2,7-10,16H2,1H3/t11?,14-/m0/s1. The van der Waals surface area contributed by atoms with Crippen molar-refractivity contribution >= 4 is 5.91 Å². The van der Waals surface area contributed by atoms with E-state index in [-0.39, 0.29) is 17.8 Å². The first kappa shape index (κ1) is 14.8. The highest BCUT2D eigenvalue weighted by Gasteiger charge is 2.24. The topological polar surface area (TPSA) is 75.8 Å². The number of ether oxygens (including phenoxy) is 1. The fraction of sp³-hybridized carbons (Fsp3) is 0.533. The van der Waals surface area contributed by atoms with E-state index in [2.05, 4.69) is 0 Å². The Morgan fingerprint density at radius 3 is 2.90 bits per heavy atom. The third-order valence-corrected chi connectivity index (χ3v) is 3.47. The quantitative estimate of drug-likeness (QED) is 0.861. The molecule has 0 bridgehead atoms. The lowest BCUT2D eigenvalue weighted by Crippen LogP contribution is -2.46. The predicted molar refractivity (Wildman–Crippen MR) is 76.4 cm³/mol. The Kier molecular flexibility index (Phi) is 4.98. The highest BCUT2D eigenvalue weighted by Crippen LogP contribution is 2.13. The number of phenolic OH excluding ortho intramolecular Hbond substituents is 1. The van der Waals surface area contributed by atoms with Crippen molar-refractivity contribution in [1.82, 2.24) is 4.90 Å². The molecule has 5 heteroatoms. The molecule has 2 rings (SSSR count). The summed E-state index contributed by atoms with van der Waals surface area (Å²) >= 11 is 0. The van der Waals surface area contributed by atoms with Crippen LogP contribution in [0.1, 0.15) is 18.9 Å². The Labute approximate surface area is 119 Å². The summed E-state index contributed by atoms with van der Waals surface area (Å²) in [6.45, 7) is 3.96. The number of hydrogen-bond donors (Lipinski definition) is 2. The average molecular weight is 278 g/mol. The summed E-state index contributed by atoms with van der Waals surface area (Å²) in [5, 5.41) is 9.24. The number of rotatable bonds is 3. The number of phenols is 1. The average Bonchev–Trinajstić information content (AvgIpc) is 2.65. The van der Waals surface area contributed by atoms with Crippen molar-refractivity contribution in [2.24, 2.45) is 5.73 Å². The van der Waals surface area contributed by atoms with Crippen molar-refractivity contribution < 1.29 is 14.6 Å². The van der Waals surface area contributed by atoms with Gasteiger partial charge in [0.05, 0.1) is 12.1 Å². The number of amides is 1. The Bertz CT molecular complexity index is 447. The smallest absolute Gasteiger partial charge is 0.239 e. The molecular formula is C15H22N2O3. The van der Waals surface area contributed by atoms with E-state index in [1.165, 1.54) is 0 Å². The second kappa shape index (κ2) is 6.72. The van der Waals surface area contributed by atoms with Crippen molar-refractivity contribution in [3.63, 3.8) is 0 Å². The summed E-state index contributed by atoms with van der Waals surface area (Å²) in [4.78, 5) is 14.2. The zero-order valence-corrected chi connectivity index (χ0v) is 11.8. The fourth-order valence-electron chi connectivity index (χ4n) is 2.40. The third-order valence-electron chi connectivity index (χ3n) is 3.47. The van der Waals surface area contributed by atoms with Crippen LogP contribution in [0.25, 0.3) is 0 Å². The van der Waals surface area contributed by atoms with Crippen LogP contribution in [0.2, 0.25) is 0 Å². The molecule has 1 fully saturated rings. The molecule has 2 atom stereocenters. The zero-order chi connectivity index (χ0) is 14.5. The van der Waals surface area contributed by atoms with E-state index >= 15 is 0 Å². The summed E-state index contributed by atoms with van der Waals surface area (Å²) in [7, 11) is 0. The van der Waals surface area contributed by atoms with Gasteiger partial charge in [0.1, 0.15) is 5.75 Å².